The molecule has 6 nitrogen and oxygen atoms in total. The van der Waals surface area contributed by atoms with E-state index in [1.807, 2.05) is 22.4 Å². The third-order valence-electron chi connectivity index (χ3n) is 5.37. The SMILES string of the molecule is COC(=O)C1=C(C)N=C2SC=C(CC(=O)NCc3ccccc3F)N2[C@@H]1c1ccc(Cl)cc1. The molecule has 0 unspecified atom stereocenters. The number of hydrogen-bond acceptors (Lipinski definition) is 6. The van der Waals surface area contributed by atoms with E-state index in [0.717, 1.165) is 5.56 Å². The molecule has 2 aromatic carbocycles. The number of methoxy groups -OCH3 is 1. The van der Waals surface area contributed by atoms with Crippen LogP contribution in [0.5, 0.6) is 0 Å². The number of carbonyl (C=O) groups excluding carboxylic acids is 2. The summed E-state index contributed by atoms with van der Waals surface area (Å²) in [6, 6.07) is 13.0. The Bertz CT molecular complexity index is 1190. The highest BCUT2D eigenvalue weighted by Crippen LogP contribution is 2.44. The van der Waals surface area contributed by atoms with E-state index >= 15 is 0 Å². The van der Waals surface area contributed by atoms with Crippen molar-refractivity contribution >= 4 is 40.4 Å². The maximum atomic E-state index is 13.9. The van der Waals surface area contributed by atoms with Gasteiger partial charge >= 0.3 is 5.97 Å². The second-order valence-electron chi connectivity index (χ2n) is 7.48. The van der Waals surface area contributed by atoms with Crippen LogP contribution in [0.25, 0.3) is 0 Å². The Balaban J connectivity index is 1.59. The monoisotopic (exact) mass is 485 g/mol. The lowest BCUT2D eigenvalue weighted by molar-refractivity contribution is -0.136. The van der Waals surface area contributed by atoms with Gasteiger partial charge in [0, 0.05) is 22.8 Å². The highest BCUT2D eigenvalue weighted by atomic mass is 35.5. The molecule has 9 heteroatoms. The van der Waals surface area contributed by atoms with E-state index in [4.69, 9.17) is 16.3 Å². The number of benzene rings is 2. The van der Waals surface area contributed by atoms with E-state index in [1.165, 1.54) is 24.9 Å². The average molecular weight is 486 g/mol. The maximum absolute atomic E-state index is 13.9. The Morgan fingerprint density at radius 3 is 2.64 bits per heavy atom. The number of halogens is 2. The Morgan fingerprint density at radius 2 is 1.94 bits per heavy atom. The van der Waals surface area contributed by atoms with Crippen molar-refractivity contribution in [3.63, 3.8) is 0 Å². The van der Waals surface area contributed by atoms with Crippen LogP contribution in [0.15, 0.2) is 75.9 Å². The molecule has 2 heterocycles. The highest BCUT2D eigenvalue weighted by Gasteiger charge is 2.40. The fourth-order valence-corrected chi connectivity index (χ4v) is 4.85. The average Bonchev–Trinajstić information content (AvgIpc) is 3.19. The summed E-state index contributed by atoms with van der Waals surface area (Å²) in [7, 11) is 1.33. The lowest BCUT2D eigenvalue weighted by atomic mass is 9.94. The Kier molecular flexibility index (Phi) is 6.85. The summed E-state index contributed by atoms with van der Waals surface area (Å²) in [5, 5.41) is 5.84. The predicted octanol–water partition coefficient (Wildman–Crippen LogP) is 4.93. The number of aliphatic imine (C=N–C) groups is 1. The zero-order chi connectivity index (χ0) is 23.5. The first-order valence-corrected chi connectivity index (χ1v) is 11.4. The van der Waals surface area contributed by atoms with Crippen LogP contribution in [0.3, 0.4) is 0 Å². The lowest BCUT2D eigenvalue weighted by Crippen LogP contribution is -2.37. The highest BCUT2D eigenvalue weighted by molar-refractivity contribution is 8.16. The first kappa shape index (κ1) is 23.1. The standard InChI is InChI=1S/C24H21ClFN3O3S/c1-14-21(23(31)32-2)22(15-7-9-17(25)10-8-15)29-18(13-33-24(29)28-14)11-20(30)27-12-16-5-3-4-6-19(16)26/h3-10,13,22H,11-12H2,1-2H3,(H,27,30)/t22-/m1/s1. The third-order valence-corrected chi connectivity index (χ3v) is 6.51. The molecule has 4 rings (SSSR count). The van der Waals surface area contributed by atoms with Gasteiger partial charge in [0.25, 0.3) is 0 Å². The summed E-state index contributed by atoms with van der Waals surface area (Å²) in [4.78, 5) is 31.9. The number of amides is 1. The molecule has 0 saturated carbocycles. The van der Waals surface area contributed by atoms with E-state index in [0.29, 0.717) is 32.7 Å². The van der Waals surface area contributed by atoms with Crippen LogP contribution in [0, 0.1) is 5.82 Å². The van der Waals surface area contributed by atoms with Crippen LogP contribution in [0.2, 0.25) is 5.02 Å². The largest absolute Gasteiger partial charge is 0.466 e. The molecule has 0 bridgehead atoms. The van der Waals surface area contributed by atoms with Gasteiger partial charge in [0.15, 0.2) is 5.17 Å². The zero-order valence-electron chi connectivity index (χ0n) is 18.0. The normalized spacial score (nSPS) is 17.3. The number of esters is 1. The molecule has 2 aliphatic rings. The van der Waals surface area contributed by atoms with Crippen LogP contribution in [0.4, 0.5) is 4.39 Å². The van der Waals surface area contributed by atoms with E-state index in [2.05, 4.69) is 10.3 Å². The number of nitrogens with one attached hydrogen (secondary N) is 1. The molecule has 0 aromatic heterocycles. The zero-order valence-corrected chi connectivity index (χ0v) is 19.5. The Morgan fingerprint density at radius 1 is 1.21 bits per heavy atom. The second kappa shape index (κ2) is 9.80. The molecular weight excluding hydrogens is 465 g/mol. The molecule has 0 saturated heterocycles. The molecule has 1 atom stereocenters. The number of hydrogen-bond donors (Lipinski definition) is 1. The Hall–Kier alpha value is -3.10. The minimum absolute atomic E-state index is 0.0397. The molecule has 2 aliphatic heterocycles. The van der Waals surface area contributed by atoms with Crippen molar-refractivity contribution in [1.82, 2.24) is 10.2 Å². The topological polar surface area (TPSA) is 71.0 Å². The molecule has 1 amide bonds. The molecule has 1 N–H and O–H groups in total. The second-order valence-corrected chi connectivity index (χ2v) is 8.75. The number of nitrogens with zero attached hydrogens (tertiary/aromatic N) is 2. The van der Waals surface area contributed by atoms with Crippen molar-refractivity contribution in [3.8, 4) is 0 Å². The molecule has 0 aliphatic carbocycles. The quantitative estimate of drug-likeness (QED) is 0.587. The number of thioether (sulfide) groups is 1. The summed E-state index contributed by atoms with van der Waals surface area (Å²) in [6.07, 6.45) is 0.0397. The van der Waals surface area contributed by atoms with Crippen LogP contribution < -0.4 is 5.32 Å². The number of allylic oxidation sites excluding steroid dienone is 1. The summed E-state index contributed by atoms with van der Waals surface area (Å²) >= 11 is 7.46. The van der Waals surface area contributed by atoms with E-state index < -0.39 is 12.0 Å². The fraction of sp³-hybridized carbons (Fsp3) is 0.208. The first-order valence-electron chi connectivity index (χ1n) is 10.2. The van der Waals surface area contributed by atoms with Gasteiger partial charge in [-0.25, -0.2) is 14.2 Å². The van der Waals surface area contributed by atoms with Crippen LogP contribution in [-0.4, -0.2) is 29.1 Å². The number of amidine groups is 1. The minimum Gasteiger partial charge on any atom is -0.466 e. The van der Waals surface area contributed by atoms with E-state index in [1.54, 1.807) is 37.3 Å². The number of ether oxygens (including phenoxy) is 1. The molecule has 2 aromatic rings. The Labute approximate surface area is 200 Å². The van der Waals surface area contributed by atoms with Crippen LogP contribution >= 0.6 is 23.4 Å². The van der Waals surface area contributed by atoms with E-state index in [-0.39, 0.29) is 24.7 Å². The fourth-order valence-electron chi connectivity index (χ4n) is 3.76. The van der Waals surface area contributed by atoms with Crippen molar-refractivity contribution in [2.45, 2.75) is 25.9 Å². The number of carbonyl (C=O) groups is 2. The van der Waals surface area contributed by atoms with Gasteiger partial charge < -0.3 is 15.0 Å². The van der Waals surface area contributed by atoms with Gasteiger partial charge in [0.2, 0.25) is 5.91 Å². The maximum Gasteiger partial charge on any atom is 0.338 e. The van der Waals surface area contributed by atoms with Gasteiger partial charge in [0.05, 0.1) is 30.8 Å². The van der Waals surface area contributed by atoms with Crippen molar-refractivity contribution in [2.75, 3.05) is 7.11 Å². The molecule has 33 heavy (non-hydrogen) atoms. The first-order chi connectivity index (χ1) is 15.9. The number of rotatable bonds is 6. The van der Waals surface area contributed by atoms with Gasteiger partial charge in [0.1, 0.15) is 5.82 Å². The van der Waals surface area contributed by atoms with Gasteiger partial charge in [-0.3, -0.25) is 4.79 Å². The summed E-state index contributed by atoms with van der Waals surface area (Å²) in [5.74, 6) is -1.13. The van der Waals surface area contributed by atoms with Crippen LogP contribution in [-0.2, 0) is 20.9 Å². The van der Waals surface area contributed by atoms with Gasteiger partial charge in [-0.2, -0.15) is 0 Å². The molecule has 0 fully saturated rings. The minimum atomic E-state index is -0.525. The van der Waals surface area contributed by atoms with Crippen molar-refractivity contribution in [3.05, 3.63) is 92.9 Å². The van der Waals surface area contributed by atoms with Crippen molar-refractivity contribution in [1.29, 1.82) is 0 Å². The van der Waals surface area contributed by atoms with Crippen LogP contribution in [0.1, 0.15) is 30.5 Å². The third kappa shape index (κ3) is 4.82. The molecule has 0 radical (unpaired) electrons. The van der Waals surface area contributed by atoms with Crippen molar-refractivity contribution < 1.29 is 18.7 Å². The van der Waals surface area contributed by atoms with Gasteiger partial charge in [-0.15, -0.1) is 0 Å². The summed E-state index contributed by atoms with van der Waals surface area (Å²) < 4.78 is 18.9. The smallest absolute Gasteiger partial charge is 0.338 e. The lowest BCUT2D eigenvalue weighted by Gasteiger charge is -2.36. The summed E-state index contributed by atoms with van der Waals surface area (Å²) in [6.45, 7) is 1.85. The predicted molar refractivity (Wildman–Crippen MR) is 127 cm³/mol. The van der Waals surface area contributed by atoms with Gasteiger partial charge in [-0.05, 0) is 36.1 Å². The van der Waals surface area contributed by atoms with Crippen molar-refractivity contribution in [2.24, 2.45) is 4.99 Å². The van der Waals surface area contributed by atoms with Gasteiger partial charge in [-0.1, -0.05) is 53.7 Å². The molecular formula is C24H21ClFN3O3S. The molecule has 0 spiro atoms. The van der Waals surface area contributed by atoms with E-state index in [9.17, 15) is 14.0 Å². The summed E-state index contributed by atoms with van der Waals surface area (Å²) in [5.41, 5.74) is 2.85. The number of fused-ring (bicyclic) bond motifs is 1. The molecule has 170 valence electrons.